The molecule has 0 saturated heterocycles. The smallest absolute Gasteiger partial charge is 0.328 e. The highest BCUT2D eigenvalue weighted by atomic mass is 16.4. The van der Waals surface area contributed by atoms with Crippen molar-refractivity contribution in [3.8, 4) is 5.75 Å². The average Bonchev–Trinajstić information content (AvgIpc) is 3.06. The summed E-state index contributed by atoms with van der Waals surface area (Å²) in [6.07, 6.45) is 5.38. The summed E-state index contributed by atoms with van der Waals surface area (Å²) in [6, 6.07) is 9.76. The first-order valence-corrected chi connectivity index (χ1v) is 7.56. The van der Waals surface area contributed by atoms with Crippen molar-refractivity contribution < 1.29 is 19.8 Å². The van der Waals surface area contributed by atoms with Crippen molar-refractivity contribution in [2.24, 2.45) is 5.10 Å². The number of carbonyl (C=O) groups excluding carboxylic acids is 1. The molecule has 2 N–H and O–H groups in total. The molecule has 0 radical (unpaired) electrons. The Morgan fingerprint density at radius 3 is 2.64 bits per heavy atom. The highest BCUT2D eigenvalue weighted by Gasteiger charge is 2.33. The van der Waals surface area contributed by atoms with Crippen LogP contribution in [0.5, 0.6) is 5.75 Å². The molecule has 0 fully saturated rings. The monoisotopic (exact) mass is 337 g/mol. The number of phenols is 1. The zero-order valence-electron chi connectivity index (χ0n) is 13.1. The van der Waals surface area contributed by atoms with Gasteiger partial charge < -0.3 is 10.2 Å². The van der Waals surface area contributed by atoms with Gasteiger partial charge in [-0.05, 0) is 12.1 Å². The van der Waals surface area contributed by atoms with Gasteiger partial charge in [0.2, 0.25) is 0 Å². The number of benzene rings is 1. The second kappa shape index (κ2) is 6.96. The molecule has 7 heteroatoms. The highest BCUT2D eigenvalue weighted by molar-refractivity contribution is 6.04. The highest BCUT2D eigenvalue weighted by Crippen LogP contribution is 2.36. The minimum absolute atomic E-state index is 0.0511. The number of carboxylic acid groups (broad SMARTS) is 1. The predicted molar refractivity (Wildman–Crippen MR) is 89.9 cm³/mol. The number of pyridine rings is 1. The predicted octanol–water partition coefficient (Wildman–Crippen LogP) is 2.11. The van der Waals surface area contributed by atoms with Crippen LogP contribution in [0.4, 0.5) is 0 Å². The molecule has 3 rings (SSSR count). The molecule has 7 nitrogen and oxygen atoms in total. The third-order valence-electron chi connectivity index (χ3n) is 3.80. The largest absolute Gasteiger partial charge is 0.508 e. The van der Waals surface area contributed by atoms with Crippen LogP contribution in [0, 0.1) is 0 Å². The normalized spacial score (nSPS) is 16.9. The van der Waals surface area contributed by atoms with Crippen molar-refractivity contribution in [1.82, 2.24) is 9.99 Å². The first-order chi connectivity index (χ1) is 12.1. The maximum atomic E-state index is 12.4. The van der Waals surface area contributed by atoms with Gasteiger partial charge in [-0.1, -0.05) is 24.3 Å². The Morgan fingerprint density at radius 1 is 1.16 bits per heavy atom. The fourth-order valence-electron chi connectivity index (χ4n) is 2.65. The Labute approximate surface area is 143 Å². The molecule has 1 atom stereocenters. The van der Waals surface area contributed by atoms with E-state index in [1.807, 2.05) is 6.07 Å². The van der Waals surface area contributed by atoms with Gasteiger partial charge >= 0.3 is 5.97 Å². The first-order valence-electron chi connectivity index (χ1n) is 7.56. The van der Waals surface area contributed by atoms with Gasteiger partial charge in [0, 0.05) is 42.1 Å². The van der Waals surface area contributed by atoms with E-state index in [9.17, 15) is 14.7 Å². The molecule has 0 saturated carbocycles. The summed E-state index contributed by atoms with van der Waals surface area (Å²) in [5, 5.41) is 24.4. The summed E-state index contributed by atoms with van der Waals surface area (Å²) in [6.45, 7) is 0. The molecule has 0 aliphatic carbocycles. The molecule has 1 aromatic heterocycles. The molecule has 126 valence electrons. The molecule has 1 aliphatic rings. The van der Waals surface area contributed by atoms with Gasteiger partial charge in [-0.3, -0.25) is 9.78 Å². The average molecular weight is 337 g/mol. The maximum Gasteiger partial charge on any atom is 0.328 e. The van der Waals surface area contributed by atoms with E-state index in [0.717, 1.165) is 17.7 Å². The number of para-hydroxylation sites is 1. The number of hydrogen-bond acceptors (Lipinski definition) is 5. The van der Waals surface area contributed by atoms with Gasteiger partial charge in [0.1, 0.15) is 5.75 Å². The molecule has 2 aromatic rings. The fourth-order valence-corrected chi connectivity index (χ4v) is 2.65. The van der Waals surface area contributed by atoms with Crippen molar-refractivity contribution in [2.45, 2.75) is 12.5 Å². The Morgan fingerprint density at radius 2 is 1.96 bits per heavy atom. The van der Waals surface area contributed by atoms with Gasteiger partial charge in [-0.2, -0.15) is 5.10 Å². The lowest BCUT2D eigenvalue weighted by molar-refractivity contribution is -0.132. The van der Waals surface area contributed by atoms with Crippen LogP contribution in [0.2, 0.25) is 0 Å². The van der Waals surface area contributed by atoms with E-state index in [2.05, 4.69) is 10.1 Å². The van der Waals surface area contributed by atoms with E-state index in [0.29, 0.717) is 17.7 Å². The summed E-state index contributed by atoms with van der Waals surface area (Å²) < 4.78 is 0. The van der Waals surface area contributed by atoms with Crippen molar-refractivity contribution in [3.05, 3.63) is 72.1 Å². The van der Waals surface area contributed by atoms with Gasteiger partial charge in [0.25, 0.3) is 5.91 Å². The first kappa shape index (κ1) is 16.4. The number of phenolic OH excluding ortho intramolecular Hbond substituents is 1. The van der Waals surface area contributed by atoms with Gasteiger partial charge in [-0.25, -0.2) is 9.80 Å². The number of rotatable bonds is 4. The van der Waals surface area contributed by atoms with Crippen LogP contribution >= 0.6 is 0 Å². The Balaban J connectivity index is 1.98. The third-order valence-corrected chi connectivity index (χ3v) is 3.80. The number of aliphatic carboxylic acids is 1. The lowest BCUT2D eigenvalue weighted by atomic mass is 9.98. The van der Waals surface area contributed by atoms with Crippen molar-refractivity contribution in [2.75, 3.05) is 0 Å². The number of hydrazone groups is 1. The maximum absolute atomic E-state index is 12.4. The quantitative estimate of drug-likeness (QED) is 0.832. The molecular weight excluding hydrogens is 322 g/mol. The van der Waals surface area contributed by atoms with E-state index in [4.69, 9.17) is 5.11 Å². The van der Waals surface area contributed by atoms with Crippen LogP contribution in [0.1, 0.15) is 23.6 Å². The van der Waals surface area contributed by atoms with E-state index in [1.54, 1.807) is 36.7 Å². The molecule has 25 heavy (non-hydrogen) atoms. The summed E-state index contributed by atoms with van der Waals surface area (Å²) >= 11 is 0. The molecule has 0 bridgehead atoms. The third kappa shape index (κ3) is 3.55. The molecule has 0 spiro atoms. The van der Waals surface area contributed by atoms with Gasteiger partial charge in [-0.15, -0.1) is 0 Å². The van der Waals surface area contributed by atoms with Crippen LogP contribution < -0.4 is 0 Å². The molecule has 1 aliphatic heterocycles. The lowest BCUT2D eigenvalue weighted by Crippen LogP contribution is -2.25. The number of amides is 1. The molecule has 1 aromatic carbocycles. The molecule has 2 heterocycles. The minimum atomic E-state index is -1.22. The Bertz CT molecular complexity index is 862. The van der Waals surface area contributed by atoms with E-state index in [1.165, 1.54) is 11.1 Å². The summed E-state index contributed by atoms with van der Waals surface area (Å²) in [5.41, 5.74) is 1.95. The van der Waals surface area contributed by atoms with Crippen molar-refractivity contribution in [3.63, 3.8) is 0 Å². The van der Waals surface area contributed by atoms with Crippen LogP contribution in [-0.2, 0) is 9.59 Å². The lowest BCUT2D eigenvalue weighted by Gasteiger charge is -2.21. The SMILES string of the molecule is O=C(O)/C=C\C(=O)N1N=C(c2cccnc2)C[C@H]1c1ccccc1O. The minimum Gasteiger partial charge on any atom is -0.508 e. The zero-order valence-corrected chi connectivity index (χ0v) is 13.1. The number of aromatic nitrogens is 1. The molecule has 0 unspecified atom stereocenters. The Hall–Kier alpha value is -3.48. The van der Waals surface area contributed by atoms with Crippen LogP contribution in [-0.4, -0.2) is 37.8 Å². The number of carboxylic acids is 1. The standard InChI is InChI=1S/C18H15N3O4/c22-16-6-2-1-5-13(16)15-10-14(12-4-3-9-19-11-12)20-21(15)17(23)7-8-18(24)25/h1-9,11,15,22H,10H2,(H,24,25)/b8-7-/t15-/m0/s1. The van der Waals surface area contributed by atoms with Gasteiger partial charge in [0.05, 0.1) is 11.8 Å². The number of hydrogen-bond donors (Lipinski definition) is 2. The number of aromatic hydroxyl groups is 1. The number of carbonyl (C=O) groups is 2. The van der Waals surface area contributed by atoms with E-state index in [-0.39, 0.29) is 5.75 Å². The number of nitrogens with zero attached hydrogens (tertiary/aromatic N) is 3. The van der Waals surface area contributed by atoms with Crippen LogP contribution in [0.15, 0.2) is 66.0 Å². The summed E-state index contributed by atoms with van der Waals surface area (Å²) in [7, 11) is 0. The fraction of sp³-hybridized carbons (Fsp3) is 0.111. The van der Waals surface area contributed by atoms with E-state index >= 15 is 0 Å². The zero-order chi connectivity index (χ0) is 17.8. The molecular formula is C18H15N3O4. The van der Waals surface area contributed by atoms with E-state index < -0.39 is 17.9 Å². The van der Waals surface area contributed by atoms with Crippen molar-refractivity contribution >= 4 is 17.6 Å². The summed E-state index contributed by atoms with van der Waals surface area (Å²) in [5.74, 6) is -1.74. The van der Waals surface area contributed by atoms with Gasteiger partial charge in [0.15, 0.2) is 0 Å². The van der Waals surface area contributed by atoms with Crippen molar-refractivity contribution in [1.29, 1.82) is 0 Å². The van der Waals surface area contributed by atoms with Crippen LogP contribution in [0.3, 0.4) is 0 Å². The second-order valence-corrected chi connectivity index (χ2v) is 5.42. The van der Waals surface area contributed by atoms with Crippen LogP contribution in [0.25, 0.3) is 0 Å². The second-order valence-electron chi connectivity index (χ2n) is 5.42. The topological polar surface area (TPSA) is 103 Å². The summed E-state index contributed by atoms with van der Waals surface area (Å²) in [4.78, 5) is 27.1. The molecule has 1 amide bonds. The Kier molecular flexibility index (Phi) is 4.56.